The van der Waals surface area contributed by atoms with Crippen molar-refractivity contribution in [3.05, 3.63) is 47.8 Å². The van der Waals surface area contributed by atoms with Gasteiger partial charge >= 0.3 is 0 Å². The fraction of sp³-hybridized carbons (Fsp3) is 0.375. The lowest BCUT2D eigenvalue weighted by molar-refractivity contribution is 0.232. The van der Waals surface area contributed by atoms with Crippen LogP contribution in [0.4, 0.5) is 5.82 Å². The number of anilines is 1. The number of nitrogens with one attached hydrogen (secondary N) is 1. The number of benzene rings is 1. The quantitative estimate of drug-likeness (QED) is 0.817. The molecule has 0 aliphatic carbocycles. The Morgan fingerprint density at radius 3 is 2.52 bits per heavy atom. The molecule has 0 fully saturated rings. The summed E-state index contributed by atoms with van der Waals surface area (Å²) in [6.07, 6.45) is 4.31. The van der Waals surface area contributed by atoms with Crippen molar-refractivity contribution in [3.63, 3.8) is 0 Å². The molecule has 112 valence electrons. The third kappa shape index (κ3) is 5.04. The second-order valence-electron chi connectivity index (χ2n) is 5.12. The van der Waals surface area contributed by atoms with Crippen LogP contribution in [0.1, 0.15) is 25.0 Å². The molecule has 0 aliphatic heterocycles. The van der Waals surface area contributed by atoms with Crippen molar-refractivity contribution < 1.29 is 4.74 Å². The normalized spacial score (nSPS) is 10.7. The highest BCUT2D eigenvalue weighted by Crippen LogP contribution is 2.12. The minimum atomic E-state index is 0.0876. The van der Waals surface area contributed by atoms with Crippen molar-refractivity contribution in [3.8, 4) is 5.88 Å². The van der Waals surface area contributed by atoms with Crippen LogP contribution in [0.3, 0.4) is 0 Å². The van der Waals surface area contributed by atoms with Gasteiger partial charge in [-0.1, -0.05) is 24.3 Å². The Balaban J connectivity index is 1.93. The maximum absolute atomic E-state index is 5.54. The predicted molar refractivity (Wildman–Crippen MR) is 84.3 cm³/mol. The van der Waals surface area contributed by atoms with Gasteiger partial charge in [0.2, 0.25) is 5.88 Å². The molecule has 0 unspecified atom stereocenters. The number of rotatable bonds is 7. The van der Waals surface area contributed by atoms with E-state index in [4.69, 9.17) is 10.5 Å². The Labute approximate surface area is 125 Å². The maximum Gasteiger partial charge on any atom is 0.234 e. The standard InChI is InChI=1S/C16H22N4O/c1-12(2)21-16-11-18-10-15(20-16)19-9-14-5-3-13(4-6-14)7-8-17/h3-6,10-12H,7-9,17H2,1-2H3,(H,19,20). The first-order chi connectivity index (χ1) is 10.2. The molecule has 21 heavy (non-hydrogen) atoms. The lowest BCUT2D eigenvalue weighted by atomic mass is 10.1. The van der Waals surface area contributed by atoms with Crippen LogP contribution in [0.5, 0.6) is 5.88 Å². The summed E-state index contributed by atoms with van der Waals surface area (Å²) in [5.41, 5.74) is 7.99. The van der Waals surface area contributed by atoms with E-state index in [-0.39, 0.29) is 6.10 Å². The van der Waals surface area contributed by atoms with Gasteiger partial charge in [-0.2, -0.15) is 4.98 Å². The van der Waals surface area contributed by atoms with E-state index in [0.717, 1.165) is 6.42 Å². The van der Waals surface area contributed by atoms with Crippen LogP contribution >= 0.6 is 0 Å². The molecule has 0 amide bonds. The van der Waals surface area contributed by atoms with Gasteiger partial charge in [-0.05, 0) is 37.9 Å². The van der Waals surface area contributed by atoms with E-state index in [2.05, 4.69) is 39.6 Å². The second-order valence-corrected chi connectivity index (χ2v) is 5.12. The Morgan fingerprint density at radius 2 is 1.86 bits per heavy atom. The largest absolute Gasteiger partial charge is 0.474 e. The van der Waals surface area contributed by atoms with Gasteiger partial charge in [-0.25, -0.2) is 0 Å². The molecule has 0 radical (unpaired) electrons. The van der Waals surface area contributed by atoms with Crippen LogP contribution in [0.15, 0.2) is 36.7 Å². The van der Waals surface area contributed by atoms with Gasteiger partial charge in [0.25, 0.3) is 0 Å². The molecule has 0 saturated carbocycles. The molecular weight excluding hydrogens is 264 g/mol. The molecule has 2 aromatic rings. The zero-order valence-electron chi connectivity index (χ0n) is 12.5. The van der Waals surface area contributed by atoms with Crippen molar-refractivity contribution in [2.75, 3.05) is 11.9 Å². The average molecular weight is 286 g/mol. The average Bonchev–Trinajstić information content (AvgIpc) is 2.47. The molecule has 0 atom stereocenters. The molecule has 5 nitrogen and oxygen atoms in total. The van der Waals surface area contributed by atoms with Crippen molar-refractivity contribution in [1.82, 2.24) is 9.97 Å². The van der Waals surface area contributed by atoms with Crippen molar-refractivity contribution in [2.24, 2.45) is 5.73 Å². The van der Waals surface area contributed by atoms with Crippen LogP contribution in [-0.2, 0) is 13.0 Å². The summed E-state index contributed by atoms with van der Waals surface area (Å²) in [7, 11) is 0. The van der Waals surface area contributed by atoms with Gasteiger partial charge in [0.05, 0.1) is 18.5 Å². The minimum Gasteiger partial charge on any atom is -0.474 e. The molecule has 2 rings (SSSR count). The summed E-state index contributed by atoms with van der Waals surface area (Å²) >= 11 is 0. The Morgan fingerprint density at radius 1 is 1.14 bits per heavy atom. The zero-order valence-corrected chi connectivity index (χ0v) is 12.5. The van der Waals surface area contributed by atoms with E-state index in [9.17, 15) is 0 Å². The van der Waals surface area contributed by atoms with Crippen molar-refractivity contribution in [2.45, 2.75) is 32.9 Å². The topological polar surface area (TPSA) is 73.1 Å². The number of aromatic nitrogens is 2. The van der Waals surface area contributed by atoms with Gasteiger partial charge in [0, 0.05) is 6.54 Å². The van der Waals surface area contributed by atoms with E-state index in [1.165, 1.54) is 11.1 Å². The van der Waals surface area contributed by atoms with Gasteiger partial charge in [-0.15, -0.1) is 0 Å². The van der Waals surface area contributed by atoms with E-state index in [1.807, 2.05) is 13.8 Å². The van der Waals surface area contributed by atoms with Crippen LogP contribution < -0.4 is 15.8 Å². The number of ether oxygens (including phenoxy) is 1. The van der Waals surface area contributed by atoms with Crippen LogP contribution in [0.2, 0.25) is 0 Å². The van der Waals surface area contributed by atoms with Gasteiger partial charge in [-0.3, -0.25) is 4.98 Å². The lowest BCUT2D eigenvalue weighted by Gasteiger charge is -2.10. The van der Waals surface area contributed by atoms with E-state index in [1.54, 1.807) is 12.4 Å². The first kappa shape index (κ1) is 15.3. The van der Waals surface area contributed by atoms with Crippen LogP contribution in [-0.4, -0.2) is 22.6 Å². The van der Waals surface area contributed by atoms with E-state index >= 15 is 0 Å². The maximum atomic E-state index is 5.54. The number of hydrogen-bond acceptors (Lipinski definition) is 5. The molecule has 0 bridgehead atoms. The van der Waals surface area contributed by atoms with E-state index in [0.29, 0.717) is 24.8 Å². The first-order valence-corrected chi connectivity index (χ1v) is 7.18. The summed E-state index contributed by atoms with van der Waals surface area (Å²) in [4.78, 5) is 8.49. The third-order valence-electron chi connectivity index (χ3n) is 2.90. The highest BCUT2D eigenvalue weighted by Gasteiger charge is 2.02. The third-order valence-corrected chi connectivity index (χ3v) is 2.90. The molecule has 1 aromatic heterocycles. The summed E-state index contributed by atoms with van der Waals surface area (Å²) in [6, 6.07) is 8.40. The van der Waals surface area contributed by atoms with Crippen LogP contribution in [0, 0.1) is 0 Å². The fourth-order valence-corrected chi connectivity index (χ4v) is 1.91. The fourth-order valence-electron chi connectivity index (χ4n) is 1.91. The van der Waals surface area contributed by atoms with Gasteiger partial charge in [0.1, 0.15) is 5.82 Å². The molecule has 0 aliphatic rings. The summed E-state index contributed by atoms with van der Waals surface area (Å²) in [6.45, 7) is 5.30. The zero-order chi connectivity index (χ0) is 15.1. The molecule has 0 saturated heterocycles. The number of nitrogens with zero attached hydrogens (tertiary/aromatic N) is 2. The molecular formula is C16H22N4O. The Kier molecular flexibility index (Phi) is 5.51. The summed E-state index contributed by atoms with van der Waals surface area (Å²) < 4.78 is 5.52. The van der Waals surface area contributed by atoms with Crippen LogP contribution in [0.25, 0.3) is 0 Å². The lowest BCUT2D eigenvalue weighted by Crippen LogP contribution is -2.09. The monoisotopic (exact) mass is 286 g/mol. The van der Waals surface area contributed by atoms with E-state index < -0.39 is 0 Å². The molecule has 1 aromatic carbocycles. The molecule has 1 heterocycles. The molecule has 3 N–H and O–H groups in total. The minimum absolute atomic E-state index is 0.0876. The Bertz CT molecular complexity index is 554. The van der Waals surface area contributed by atoms with Crippen molar-refractivity contribution >= 4 is 5.82 Å². The molecule has 5 heteroatoms. The van der Waals surface area contributed by atoms with Gasteiger partial charge in [0.15, 0.2) is 0 Å². The SMILES string of the molecule is CC(C)Oc1cncc(NCc2ccc(CCN)cc2)n1. The number of hydrogen-bond donors (Lipinski definition) is 2. The first-order valence-electron chi connectivity index (χ1n) is 7.18. The van der Waals surface area contributed by atoms with Gasteiger partial charge < -0.3 is 15.8 Å². The summed E-state index contributed by atoms with van der Waals surface area (Å²) in [5.74, 6) is 1.24. The second kappa shape index (κ2) is 7.59. The smallest absolute Gasteiger partial charge is 0.234 e. The highest BCUT2D eigenvalue weighted by molar-refractivity contribution is 5.35. The number of nitrogens with two attached hydrogens (primary N) is 1. The van der Waals surface area contributed by atoms with Crippen molar-refractivity contribution in [1.29, 1.82) is 0 Å². The summed E-state index contributed by atoms with van der Waals surface area (Å²) in [5, 5.41) is 3.25. The Hall–Kier alpha value is -2.14. The highest BCUT2D eigenvalue weighted by atomic mass is 16.5. The molecule has 0 spiro atoms. The predicted octanol–water partition coefficient (Wildman–Crippen LogP) is 2.38.